The summed E-state index contributed by atoms with van der Waals surface area (Å²) in [6.07, 6.45) is 2.27. The maximum Gasteiger partial charge on any atom is 0.311 e. The molecule has 35 heavy (non-hydrogen) atoms. The Hall–Kier alpha value is -4.20. The first kappa shape index (κ1) is 22.6. The van der Waals surface area contributed by atoms with Crippen LogP contribution in [0.3, 0.4) is 0 Å². The van der Waals surface area contributed by atoms with E-state index in [9.17, 15) is 14.9 Å². The normalized spacial score (nSPS) is 14.2. The number of nitro groups is 1. The third kappa shape index (κ3) is 4.12. The van der Waals surface area contributed by atoms with Gasteiger partial charge in [-0.1, -0.05) is 42.0 Å². The van der Waals surface area contributed by atoms with Crippen molar-refractivity contribution >= 4 is 28.3 Å². The Morgan fingerprint density at radius 1 is 1.00 bits per heavy atom. The van der Waals surface area contributed by atoms with Crippen molar-refractivity contribution in [1.29, 1.82) is 0 Å². The zero-order valence-electron chi connectivity index (χ0n) is 19.8. The molecule has 0 unspecified atom stereocenters. The molecular weight excluding hydrogens is 442 g/mol. The van der Waals surface area contributed by atoms with Crippen molar-refractivity contribution in [2.75, 3.05) is 31.1 Å². The predicted octanol–water partition coefficient (Wildman–Crippen LogP) is 4.81. The molecule has 0 saturated carbocycles. The summed E-state index contributed by atoms with van der Waals surface area (Å²) < 4.78 is 2.10. The number of carbonyl (C=O) groups excluding carboxylic acids is 1. The van der Waals surface area contributed by atoms with Gasteiger partial charge in [-0.3, -0.25) is 14.9 Å². The third-order valence-corrected chi connectivity index (χ3v) is 6.66. The van der Waals surface area contributed by atoms with Gasteiger partial charge in [-0.25, -0.2) is 4.98 Å². The molecule has 5 rings (SSSR count). The van der Waals surface area contributed by atoms with E-state index in [0.29, 0.717) is 44.0 Å². The number of fused-ring (bicyclic) bond motifs is 1. The van der Waals surface area contributed by atoms with E-state index in [0.717, 1.165) is 27.7 Å². The van der Waals surface area contributed by atoms with Crippen LogP contribution in [-0.2, 0) is 7.05 Å². The van der Waals surface area contributed by atoms with E-state index in [4.69, 9.17) is 0 Å². The lowest BCUT2D eigenvalue weighted by atomic mass is 10.0. The highest BCUT2D eigenvalue weighted by Gasteiger charge is 2.29. The molecule has 0 N–H and O–H groups in total. The van der Waals surface area contributed by atoms with Crippen molar-refractivity contribution in [2.24, 2.45) is 7.05 Å². The topological polar surface area (TPSA) is 84.5 Å². The molecule has 1 fully saturated rings. The molecular formula is C27H27N5O3. The maximum atomic E-state index is 14.1. The average Bonchev–Trinajstić information content (AvgIpc) is 3.01. The summed E-state index contributed by atoms with van der Waals surface area (Å²) in [6, 6.07) is 19.3. The van der Waals surface area contributed by atoms with Gasteiger partial charge in [-0.05, 0) is 37.1 Å². The number of carbonyl (C=O) groups is 1. The second-order valence-corrected chi connectivity index (χ2v) is 8.91. The maximum absolute atomic E-state index is 14.1. The second kappa shape index (κ2) is 9.21. The highest BCUT2D eigenvalue weighted by atomic mass is 16.6. The summed E-state index contributed by atoms with van der Waals surface area (Å²) >= 11 is 0. The first-order valence-corrected chi connectivity index (χ1v) is 11.7. The van der Waals surface area contributed by atoms with Gasteiger partial charge in [0.05, 0.1) is 16.2 Å². The molecule has 2 aromatic heterocycles. The number of hydrogen-bond acceptors (Lipinski definition) is 5. The molecule has 0 spiro atoms. The van der Waals surface area contributed by atoms with Gasteiger partial charge in [0, 0.05) is 56.4 Å². The number of rotatable bonds is 4. The monoisotopic (exact) mass is 469 g/mol. The van der Waals surface area contributed by atoms with Gasteiger partial charge in [0.1, 0.15) is 0 Å². The van der Waals surface area contributed by atoms with Crippen LogP contribution >= 0.6 is 0 Å². The highest BCUT2D eigenvalue weighted by Crippen LogP contribution is 2.35. The molecule has 0 atom stereocenters. The van der Waals surface area contributed by atoms with Crippen molar-refractivity contribution < 1.29 is 9.72 Å². The summed E-state index contributed by atoms with van der Waals surface area (Å²) in [4.78, 5) is 33.2. The van der Waals surface area contributed by atoms with Crippen LogP contribution in [-0.4, -0.2) is 51.5 Å². The van der Waals surface area contributed by atoms with E-state index in [1.54, 1.807) is 12.3 Å². The Morgan fingerprint density at radius 3 is 2.57 bits per heavy atom. The fourth-order valence-electron chi connectivity index (χ4n) is 4.97. The number of benzene rings is 2. The van der Waals surface area contributed by atoms with E-state index in [1.165, 1.54) is 6.07 Å². The standard InChI is InChI=1S/C27H27N5O3/c1-19-11-12-22-21(18-19)24(25(29(22)2)20-8-4-3-5-9-20)27(33)31-15-7-14-30(16-17-31)26-23(32(34)35)10-6-13-28-26/h3-6,8-13,18H,7,14-17H2,1-2H3. The van der Waals surface area contributed by atoms with Crippen LogP contribution < -0.4 is 4.90 Å². The fourth-order valence-corrected chi connectivity index (χ4v) is 4.97. The lowest BCUT2D eigenvalue weighted by molar-refractivity contribution is -0.384. The predicted molar refractivity (Wildman–Crippen MR) is 137 cm³/mol. The van der Waals surface area contributed by atoms with Crippen molar-refractivity contribution in [3.05, 3.63) is 88.1 Å². The molecule has 178 valence electrons. The summed E-state index contributed by atoms with van der Waals surface area (Å²) in [6.45, 7) is 4.15. The van der Waals surface area contributed by atoms with Crippen molar-refractivity contribution in [2.45, 2.75) is 13.3 Å². The van der Waals surface area contributed by atoms with Gasteiger partial charge >= 0.3 is 5.69 Å². The zero-order chi connectivity index (χ0) is 24.5. The minimum atomic E-state index is -0.402. The molecule has 1 saturated heterocycles. The molecule has 1 aliphatic rings. The molecule has 0 aliphatic carbocycles. The first-order chi connectivity index (χ1) is 17.0. The Labute approximate surface area is 203 Å². The minimum absolute atomic E-state index is 0.0110. The lowest BCUT2D eigenvalue weighted by Crippen LogP contribution is -2.35. The van der Waals surface area contributed by atoms with Crippen LogP contribution in [0.4, 0.5) is 11.5 Å². The summed E-state index contributed by atoms with van der Waals surface area (Å²) in [5.74, 6) is 0.343. The molecule has 2 aromatic carbocycles. The number of aryl methyl sites for hydroxylation is 2. The molecule has 1 aliphatic heterocycles. The molecule has 8 heteroatoms. The van der Waals surface area contributed by atoms with E-state index in [1.807, 2.05) is 54.1 Å². The van der Waals surface area contributed by atoms with Crippen molar-refractivity contribution in [1.82, 2.24) is 14.5 Å². The van der Waals surface area contributed by atoms with Crippen LogP contribution in [0.5, 0.6) is 0 Å². The van der Waals surface area contributed by atoms with E-state index in [-0.39, 0.29) is 11.6 Å². The van der Waals surface area contributed by atoms with Gasteiger partial charge in [0.2, 0.25) is 5.82 Å². The SMILES string of the molecule is Cc1ccc2c(c1)c(C(=O)N1CCCN(c3ncccc3[N+](=O)[O-])CC1)c(-c1ccccc1)n2C. The van der Waals surface area contributed by atoms with Gasteiger partial charge in [0.25, 0.3) is 5.91 Å². The highest BCUT2D eigenvalue weighted by molar-refractivity contribution is 6.13. The molecule has 8 nitrogen and oxygen atoms in total. The number of amides is 1. The van der Waals surface area contributed by atoms with E-state index >= 15 is 0 Å². The molecule has 3 heterocycles. The van der Waals surface area contributed by atoms with Crippen LogP contribution in [0.2, 0.25) is 0 Å². The van der Waals surface area contributed by atoms with Gasteiger partial charge in [-0.15, -0.1) is 0 Å². The number of pyridine rings is 1. The minimum Gasteiger partial charge on any atom is -0.349 e. The Bertz CT molecular complexity index is 1410. The van der Waals surface area contributed by atoms with Gasteiger partial charge < -0.3 is 14.4 Å². The smallest absolute Gasteiger partial charge is 0.311 e. The number of hydrogen-bond donors (Lipinski definition) is 0. The summed E-state index contributed by atoms with van der Waals surface area (Å²) in [5, 5.41) is 12.4. The Morgan fingerprint density at radius 2 is 1.80 bits per heavy atom. The molecule has 4 aromatic rings. The number of aromatic nitrogens is 2. The lowest BCUT2D eigenvalue weighted by Gasteiger charge is -2.23. The number of anilines is 1. The van der Waals surface area contributed by atoms with Crippen LogP contribution in [0, 0.1) is 17.0 Å². The second-order valence-electron chi connectivity index (χ2n) is 8.91. The average molecular weight is 470 g/mol. The molecule has 1 amide bonds. The summed E-state index contributed by atoms with van der Waals surface area (Å²) in [5.41, 5.74) is 4.70. The summed E-state index contributed by atoms with van der Waals surface area (Å²) in [7, 11) is 2.00. The van der Waals surface area contributed by atoms with Crippen LogP contribution in [0.1, 0.15) is 22.3 Å². The fraction of sp³-hybridized carbons (Fsp3) is 0.259. The van der Waals surface area contributed by atoms with E-state index in [2.05, 4.69) is 27.8 Å². The first-order valence-electron chi connectivity index (χ1n) is 11.7. The van der Waals surface area contributed by atoms with Gasteiger partial charge in [-0.2, -0.15) is 0 Å². The quantitative estimate of drug-likeness (QED) is 0.316. The molecule has 0 radical (unpaired) electrons. The Kier molecular flexibility index (Phi) is 5.94. The number of nitrogens with zero attached hydrogens (tertiary/aromatic N) is 5. The molecule has 0 bridgehead atoms. The van der Waals surface area contributed by atoms with Crippen molar-refractivity contribution in [3.8, 4) is 11.3 Å². The third-order valence-electron chi connectivity index (χ3n) is 6.66. The zero-order valence-corrected chi connectivity index (χ0v) is 19.8. The Balaban J connectivity index is 1.52. The van der Waals surface area contributed by atoms with Crippen LogP contribution in [0.25, 0.3) is 22.2 Å². The largest absolute Gasteiger partial charge is 0.349 e. The van der Waals surface area contributed by atoms with Crippen LogP contribution in [0.15, 0.2) is 66.9 Å². The van der Waals surface area contributed by atoms with Crippen molar-refractivity contribution in [3.63, 3.8) is 0 Å². The van der Waals surface area contributed by atoms with E-state index < -0.39 is 4.92 Å². The van der Waals surface area contributed by atoms with Gasteiger partial charge in [0.15, 0.2) is 0 Å².